The molecule has 3 aromatic rings. The third kappa shape index (κ3) is 6.08. The first kappa shape index (κ1) is 21.8. The first-order valence-electron chi connectivity index (χ1n) is 10.9. The van der Waals surface area contributed by atoms with Gasteiger partial charge < -0.3 is 20.6 Å². The van der Waals surface area contributed by atoms with E-state index < -0.39 is 0 Å². The Morgan fingerprint density at radius 1 is 1.00 bits per heavy atom. The Bertz CT molecular complexity index is 963. The van der Waals surface area contributed by atoms with Gasteiger partial charge in [0.2, 0.25) is 0 Å². The number of β-amino-alcohol motifs (C(OH)–C–C–N with tert-alkyl or cyclic N) is 1. The number of aliphatic hydroxyl groups is 1. The van der Waals surface area contributed by atoms with Crippen LogP contribution in [0.25, 0.3) is 10.9 Å². The van der Waals surface area contributed by atoms with Gasteiger partial charge in [-0.25, -0.2) is 0 Å². The Kier molecular flexibility index (Phi) is 7.59. The summed E-state index contributed by atoms with van der Waals surface area (Å²) < 4.78 is 0. The highest BCUT2D eigenvalue weighted by molar-refractivity contribution is 6.31. The summed E-state index contributed by atoms with van der Waals surface area (Å²) in [6.45, 7) is 6.80. The number of para-hydroxylation sites is 1. The Balaban J connectivity index is 1.14. The molecule has 1 atom stereocenters. The number of halogens is 1. The summed E-state index contributed by atoms with van der Waals surface area (Å²) >= 11 is 6.05. The van der Waals surface area contributed by atoms with Crippen molar-refractivity contribution >= 4 is 33.9 Å². The summed E-state index contributed by atoms with van der Waals surface area (Å²) in [5, 5.41) is 18.9. The van der Waals surface area contributed by atoms with Crippen LogP contribution in [0.1, 0.15) is 0 Å². The van der Waals surface area contributed by atoms with Crippen LogP contribution in [0.4, 0.5) is 11.4 Å². The number of anilines is 2. The lowest BCUT2D eigenvalue weighted by Crippen LogP contribution is -2.49. The fourth-order valence-corrected chi connectivity index (χ4v) is 4.19. The molecule has 0 spiro atoms. The molecule has 1 unspecified atom stereocenters. The Labute approximate surface area is 188 Å². The van der Waals surface area contributed by atoms with E-state index >= 15 is 0 Å². The molecule has 0 bridgehead atoms. The number of aromatic nitrogens is 1. The van der Waals surface area contributed by atoms with Crippen LogP contribution >= 0.6 is 11.6 Å². The number of pyridine rings is 1. The number of nitrogens with zero attached hydrogens (tertiary/aromatic N) is 3. The summed E-state index contributed by atoms with van der Waals surface area (Å²) in [4.78, 5) is 9.12. The Morgan fingerprint density at radius 3 is 2.61 bits per heavy atom. The molecule has 164 valence electrons. The SMILES string of the molecule is OC(CNCCNc1ccnc2cc(Cl)ccc12)CN1CCN(c2ccccc2)CC1. The van der Waals surface area contributed by atoms with Gasteiger partial charge in [0.05, 0.1) is 11.6 Å². The van der Waals surface area contributed by atoms with Crippen LogP contribution in [0.5, 0.6) is 0 Å². The van der Waals surface area contributed by atoms with Gasteiger partial charge in [0, 0.05) is 80.3 Å². The predicted octanol–water partition coefficient (Wildman–Crippen LogP) is 3.07. The molecule has 7 heteroatoms. The number of rotatable bonds is 9. The maximum Gasteiger partial charge on any atom is 0.0791 e. The van der Waals surface area contributed by atoms with Gasteiger partial charge in [0.25, 0.3) is 0 Å². The second-order valence-electron chi connectivity index (χ2n) is 7.93. The molecular weight excluding hydrogens is 410 g/mol. The molecule has 2 aromatic carbocycles. The second-order valence-corrected chi connectivity index (χ2v) is 8.36. The van der Waals surface area contributed by atoms with E-state index in [1.807, 2.05) is 30.3 Å². The summed E-state index contributed by atoms with van der Waals surface area (Å²) in [6.07, 6.45) is 1.42. The first-order valence-corrected chi connectivity index (χ1v) is 11.3. The van der Waals surface area contributed by atoms with E-state index in [1.54, 1.807) is 6.20 Å². The average Bonchev–Trinajstić information content (AvgIpc) is 2.80. The lowest BCUT2D eigenvalue weighted by Gasteiger charge is -2.37. The molecule has 31 heavy (non-hydrogen) atoms. The van der Waals surface area contributed by atoms with Crippen LogP contribution in [-0.4, -0.2) is 73.5 Å². The van der Waals surface area contributed by atoms with E-state index in [0.29, 0.717) is 18.1 Å². The molecule has 0 saturated carbocycles. The van der Waals surface area contributed by atoms with Crippen molar-refractivity contribution < 1.29 is 5.11 Å². The lowest BCUT2D eigenvalue weighted by atomic mass is 10.2. The molecule has 1 aromatic heterocycles. The maximum absolute atomic E-state index is 10.4. The predicted molar refractivity (Wildman–Crippen MR) is 129 cm³/mol. The van der Waals surface area contributed by atoms with E-state index in [9.17, 15) is 5.11 Å². The van der Waals surface area contributed by atoms with Crippen molar-refractivity contribution in [1.82, 2.24) is 15.2 Å². The third-order valence-corrected chi connectivity index (χ3v) is 5.90. The van der Waals surface area contributed by atoms with Crippen LogP contribution in [-0.2, 0) is 0 Å². The summed E-state index contributed by atoms with van der Waals surface area (Å²) in [7, 11) is 0. The molecule has 1 aliphatic heterocycles. The minimum absolute atomic E-state index is 0.368. The van der Waals surface area contributed by atoms with Gasteiger partial charge in [0.15, 0.2) is 0 Å². The summed E-state index contributed by atoms with van der Waals surface area (Å²) in [6, 6.07) is 18.2. The van der Waals surface area contributed by atoms with Crippen molar-refractivity contribution in [1.29, 1.82) is 0 Å². The van der Waals surface area contributed by atoms with Crippen molar-refractivity contribution in [3.8, 4) is 0 Å². The second kappa shape index (κ2) is 10.8. The minimum Gasteiger partial charge on any atom is -0.390 e. The number of piperazine rings is 1. The molecule has 6 nitrogen and oxygen atoms in total. The van der Waals surface area contributed by atoms with Crippen LogP contribution in [0.2, 0.25) is 5.02 Å². The van der Waals surface area contributed by atoms with Crippen molar-refractivity contribution in [3.05, 3.63) is 65.8 Å². The molecule has 0 amide bonds. The number of aliphatic hydroxyl groups excluding tert-OH is 1. The van der Waals surface area contributed by atoms with Crippen molar-refractivity contribution in [3.63, 3.8) is 0 Å². The average molecular weight is 440 g/mol. The van der Waals surface area contributed by atoms with Gasteiger partial charge in [-0.05, 0) is 36.4 Å². The molecule has 1 fully saturated rings. The van der Waals surface area contributed by atoms with Gasteiger partial charge in [0.1, 0.15) is 0 Å². The highest BCUT2D eigenvalue weighted by Crippen LogP contribution is 2.24. The molecule has 0 radical (unpaired) electrons. The number of hydrogen-bond acceptors (Lipinski definition) is 6. The Hall–Kier alpha value is -2.38. The van der Waals surface area contributed by atoms with Crippen molar-refractivity contribution in [2.75, 3.05) is 62.6 Å². The normalized spacial score (nSPS) is 15.9. The van der Waals surface area contributed by atoms with E-state index in [-0.39, 0.29) is 6.10 Å². The lowest BCUT2D eigenvalue weighted by molar-refractivity contribution is 0.108. The van der Waals surface area contributed by atoms with Gasteiger partial charge in [-0.15, -0.1) is 0 Å². The highest BCUT2D eigenvalue weighted by Gasteiger charge is 2.19. The molecule has 3 N–H and O–H groups in total. The number of hydrogen-bond donors (Lipinski definition) is 3. The van der Waals surface area contributed by atoms with Crippen molar-refractivity contribution in [2.24, 2.45) is 0 Å². The minimum atomic E-state index is -0.368. The van der Waals surface area contributed by atoms with Crippen LogP contribution in [0, 0.1) is 0 Å². The van der Waals surface area contributed by atoms with E-state index in [1.165, 1.54) is 5.69 Å². The standard InChI is InChI=1S/C24H30ClN5O/c25-19-6-7-22-23(8-9-27-24(22)16-19)28-11-10-26-17-21(31)18-29-12-14-30(15-13-29)20-4-2-1-3-5-20/h1-9,16,21,26,31H,10-15,17-18H2,(H,27,28). The molecule has 0 aliphatic carbocycles. The number of nitrogens with one attached hydrogen (secondary N) is 2. The quantitative estimate of drug-likeness (QED) is 0.445. The molecule has 4 rings (SSSR count). The zero-order valence-electron chi connectivity index (χ0n) is 17.7. The zero-order chi connectivity index (χ0) is 21.5. The summed E-state index contributed by atoms with van der Waals surface area (Å²) in [5.41, 5.74) is 3.20. The zero-order valence-corrected chi connectivity index (χ0v) is 18.4. The number of benzene rings is 2. The fraction of sp³-hybridized carbons (Fsp3) is 0.375. The van der Waals surface area contributed by atoms with Gasteiger partial charge in [-0.3, -0.25) is 9.88 Å². The molecule has 2 heterocycles. The highest BCUT2D eigenvalue weighted by atomic mass is 35.5. The van der Waals surface area contributed by atoms with Gasteiger partial charge in [-0.1, -0.05) is 29.8 Å². The van der Waals surface area contributed by atoms with Crippen LogP contribution in [0.3, 0.4) is 0 Å². The third-order valence-electron chi connectivity index (χ3n) is 5.66. The summed E-state index contributed by atoms with van der Waals surface area (Å²) in [5.74, 6) is 0. The van der Waals surface area contributed by atoms with Gasteiger partial charge in [-0.2, -0.15) is 0 Å². The molecule has 1 saturated heterocycles. The largest absolute Gasteiger partial charge is 0.390 e. The fourth-order valence-electron chi connectivity index (χ4n) is 4.02. The number of fused-ring (bicyclic) bond motifs is 1. The van der Waals surface area contributed by atoms with Crippen LogP contribution < -0.4 is 15.5 Å². The first-order chi connectivity index (χ1) is 15.2. The van der Waals surface area contributed by atoms with Gasteiger partial charge >= 0.3 is 0 Å². The maximum atomic E-state index is 10.4. The monoisotopic (exact) mass is 439 g/mol. The van der Waals surface area contributed by atoms with Crippen LogP contribution in [0.15, 0.2) is 60.8 Å². The van der Waals surface area contributed by atoms with E-state index in [4.69, 9.17) is 11.6 Å². The van der Waals surface area contributed by atoms with Crippen molar-refractivity contribution in [2.45, 2.75) is 6.10 Å². The van der Waals surface area contributed by atoms with E-state index in [0.717, 1.165) is 55.9 Å². The van der Waals surface area contributed by atoms with E-state index in [2.05, 4.69) is 49.7 Å². The smallest absolute Gasteiger partial charge is 0.0791 e. The molecule has 1 aliphatic rings. The topological polar surface area (TPSA) is 63.7 Å². The molecular formula is C24H30ClN5O. The Morgan fingerprint density at radius 2 is 1.81 bits per heavy atom.